The molecule has 1 rings (SSSR count). The first-order chi connectivity index (χ1) is 9.04. The zero-order valence-electron chi connectivity index (χ0n) is 13.2. The summed E-state index contributed by atoms with van der Waals surface area (Å²) < 4.78 is 0. The van der Waals surface area contributed by atoms with Crippen LogP contribution in [0.1, 0.15) is 45.2 Å². The van der Waals surface area contributed by atoms with Crippen LogP contribution in [0.3, 0.4) is 0 Å². The molecule has 0 amide bonds. The fourth-order valence-electron chi connectivity index (χ4n) is 2.11. The maximum Gasteiger partial charge on any atom is 0.0233 e. The van der Waals surface area contributed by atoms with Crippen LogP contribution in [0.4, 0.5) is 0 Å². The van der Waals surface area contributed by atoms with Gasteiger partial charge in [0.25, 0.3) is 0 Å². The maximum absolute atomic E-state index is 3.43. The molecular weight excluding hydrogens is 232 g/mol. The summed E-state index contributed by atoms with van der Waals surface area (Å²) in [6.07, 6.45) is 1.19. The van der Waals surface area contributed by atoms with Crippen molar-refractivity contribution in [3.63, 3.8) is 0 Å². The van der Waals surface area contributed by atoms with E-state index in [2.05, 4.69) is 69.2 Å². The van der Waals surface area contributed by atoms with E-state index in [0.717, 1.165) is 19.6 Å². The fraction of sp³-hybridized carbons (Fsp3) is 0.647. The molecule has 1 N–H and O–H groups in total. The molecule has 1 aromatic rings. The summed E-state index contributed by atoms with van der Waals surface area (Å²) in [5, 5.41) is 3.43. The first-order valence-electron chi connectivity index (χ1n) is 7.53. The standard InChI is InChI=1S/C17H30N2/c1-6-11-18-12-16-7-9-17(10-8-16)13-19(5)15(4)14(2)3/h7-10,14-15,18H,6,11-13H2,1-5H3. The summed E-state index contributed by atoms with van der Waals surface area (Å²) >= 11 is 0. The van der Waals surface area contributed by atoms with Gasteiger partial charge in [0.2, 0.25) is 0 Å². The molecule has 0 aromatic heterocycles. The fourth-order valence-corrected chi connectivity index (χ4v) is 2.11. The summed E-state index contributed by atoms with van der Waals surface area (Å²) in [6.45, 7) is 12.2. The smallest absolute Gasteiger partial charge is 0.0233 e. The third-order valence-electron chi connectivity index (χ3n) is 3.87. The van der Waals surface area contributed by atoms with Gasteiger partial charge < -0.3 is 5.32 Å². The summed E-state index contributed by atoms with van der Waals surface area (Å²) in [6, 6.07) is 9.61. The quantitative estimate of drug-likeness (QED) is 0.719. The van der Waals surface area contributed by atoms with Crippen molar-refractivity contribution >= 4 is 0 Å². The predicted molar refractivity (Wildman–Crippen MR) is 84.2 cm³/mol. The molecule has 108 valence electrons. The summed E-state index contributed by atoms with van der Waals surface area (Å²) in [5.74, 6) is 0.697. The number of hydrogen-bond donors (Lipinski definition) is 1. The van der Waals surface area contributed by atoms with Gasteiger partial charge in [-0.1, -0.05) is 45.0 Å². The van der Waals surface area contributed by atoms with Gasteiger partial charge in [0.1, 0.15) is 0 Å². The maximum atomic E-state index is 3.43. The lowest BCUT2D eigenvalue weighted by molar-refractivity contribution is 0.200. The van der Waals surface area contributed by atoms with Gasteiger partial charge >= 0.3 is 0 Å². The van der Waals surface area contributed by atoms with E-state index in [1.807, 2.05) is 0 Å². The average molecular weight is 262 g/mol. The lowest BCUT2D eigenvalue weighted by atomic mass is 10.0. The molecule has 0 aliphatic carbocycles. The number of benzene rings is 1. The molecular formula is C17H30N2. The second-order valence-electron chi connectivity index (χ2n) is 5.89. The second kappa shape index (κ2) is 8.34. The van der Waals surface area contributed by atoms with Crippen LogP contribution in [-0.4, -0.2) is 24.5 Å². The Bertz CT molecular complexity index is 343. The Labute approximate surface area is 119 Å². The van der Waals surface area contributed by atoms with E-state index in [-0.39, 0.29) is 0 Å². The molecule has 1 aromatic carbocycles. The van der Waals surface area contributed by atoms with Crippen molar-refractivity contribution in [2.75, 3.05) is 13.6 Å². The molecule has 0 fully saturated rings. The van der Waals surface area contributed by atoms with Gasteiger partial charge in [-0.15, -0.1) is 0 Å². The van der Waals surface area contributed by atoms with E-state index in [0.29, 0.717) is 12.0 Å². The van der Waals surface area contributed by atoms with Gasteiger partial charge in [0.15, 0.2) is 0 Å². The van der Waals surface area contributed by atoms with Crippen LogP contribution in [-0.2, 0) is 13.1 Å². The van der Waals surface area contributed by atoms with E-state index in [1.54, 1.807) is 0 Å². The van der Waals surface area contributed by atoms with Crippen LogP contribution in [0.25, 0.3) is 0 Å². The minimum Gasteiger partial charge on any atom is -0.313 e. The van der Waals surface area contributed by atoms with Crippen molar-refractivity contribution in [1.29, 1.82) is 0 Å². The molecule has 0 radical (unpaired) electrons. The Balaban J connectivity index is 2.47. The van der Waals surface area contributed by atoms with E-state index in [9.17, 15) is 0 Å². The topological polar surface area (TPSA) is 15.3 Å². The first kappa shape index (κ1) is 16.2. The van der Waals surface area contributed by atoms with E-state index in [1.165, 1.54) is 17.5 Å². The summed E-state index contributed by atoms with van der Waals surface area (Å²) in [7, 11) is 2.21. The molecule has 0 spiro atoms. The molecule has 0 saturated heterocycles. The van der Waals surface area contributed by atoms with Crippen molar-refractivity contribution in [2.24, 2.45) is 5.92 Å². The third-order valence-corrected chi connectivity index (χ3v) is 3.87. The van der Waals surface area contributed by atoms with Gasteiger partial charge in [-0.3, -0.25) is 4.90 Å². The highest BCUT2D eigenvalue weighted by molar-refractivity contribution is 5.22. The van der Waals surface area contributed by atoms with Crippen molar-refractivity contribution in [3.8, 4) is 0 Å². The molecule has 1 unspecified atom stereocenters. The lowest BCUT2D eigenvalue weighted by Crippen LogP contribution is -2.32. The van der Waals surface area contributed by atoms with Crippen LogP contribution in [0, 0.1) is 5.92 Å². The van der Waals surface area contributed by atoms with Gasteiger partial charge in [0, 0.05) is 19.1 Å². The highest BCUT2D eigenvalue weighted by Gasteiger charge is 2.12. The molecule has 0 aliphatic heterocycles. The first-order valence-corrected chi connectivity index (χ1v) is 7.53. The Morgan fingerprint density at radius 3 is 2.16 bits per heavy atom. The Morgan fingerprint density at radius 2 is 1.63 bits per heavy atom. The van der Waals surface area contributed by atoms with Crippen molar-refractivity contribution in [3.05, 3.63) is 35.4 Å². The number of rotatable bonds is 8. The second-order valence-corrected chi connectivity index (χ2v) is 5.89. The van der Waals surface area contributed by atoms with Crippen molar-refractivity contribution in [1.82, 2.24) is 10.2 Å². The Morgan fingerprint density at radius 1 is 1.05 bits per heavy atom. The minimum absolute atomic E-state index is 0.617. The number of nitrogens with one attached hydrogen (secondary N) is 1. The van der Waals surface area contributed by atoms with Crippen LogP contribution >= 0.6 is 0 Å². The van der Waals surface area contributed by atoms with E-state index < -0.39 is 0 Å². The van der Waals surface area contributed by atoms with Gasteiger partial charge in [0.05, 0.1) is 0 Å². The molecule has 1 atom stereocenters. The molecule has 19 heavy (non-hydrogen) atoms. The van der Waals surface area contributed by atoms with Crippen LogP contribution < -0.4 is 5.32 Å². The van der Waals surface area contributed by atoms with Crippen molar-refractivity contribution in [2.45, 2.75) is 53.2 Å². The average Bonchev–Trinajstić information content (AvgIpc) is 2.40. The zero-order chi connectivity index (χ0) is 14.3. The van der Waals surface area contributed by atoms with Crippen LogP contribution in [0.15, 0.2) is 24.3 Å². The Hall–Kier alpha value is -0.860. The molecule has 2 heteroatoms. The third kappa shape index (κ3) is 5.75. The molecule has 0 aliphatic rings. The van der Waals surface area contributed by atoms with Crippen molar-refractivity contribution < 1.29 is 0 Å². The number of hydrogen-bond acceptors (Lipinski definition) is 2. The molecule has 0 bridgehead atoms. The highest BCUT2D eigenvalue weighted by Crippen LogP contribution is 2.13. The normalized spacial score (nSPS) is 13.2. The van der Waals surface area contributed by atoms with E-state index in [4.69, 9.17) is 0 Å². The van der Waals surface area contributed by atoms with Gasteiger partial charge in [-0.05, 0) is 44.0 Å². The lowest BCUT2D eigenvalue weighted by Gasteiger charge is -2.27. The van der Waals surface area contributed by atoms with Gasteiger partial charge in [-0.25, -0.2) is 0 Å². The SMILES string of the molecule is CCCNCc1ccc(CN(C)C(C)C(C)C)cc1. The van der Waals surface area contributed by atoms with Crippen LogP contribution in [0.2, 0.25) is 0 Å². The van der Waals surface area contributed by atoms with Crippen LogP contribution in [0.5, 0.6) is 0 Å². The summed E-state index contributed by atoms with van der Waals surface area (Å²) in [4.78, 5) is 2.43. The highest BCUT2D eigenvalue weighted by atomic mass is 15.1. The number of nitrogens with zero attached hydrogens (tertiary/aromatic N) is 1. The largest absolute Gasteiger partial charge is 0.313 e. The minimum atomic E-state index is 0.617. The molecule has 2 nitrogen and oxygen atoms in total. The van der Waals surface area contributed by atoms with Gasteiger partial charge in [-0.2, -0.15) is 0 Å². The monoisotopic (exact) mass is 262 g/mol. The molecule has 0 saturated carbocycles. The Kier molecular flexibility index (Phi) is 7.11. The zero-order valence-corrected chi connectivity index (χ0v) is 13.2. The predicted octanol–water partition coefficient (Wildman–Crippen LogP) is 3.66. The molecule has 0 heterocycles. The van der Waals surface area contributed by atoms with E-state index >= 15 is 0 Å². The summed E-state index contributed by atoms with van der Waals surface area (Å²) in [5.41, 5.74) is 2.77.